The van der Waals surface area contributed by atoms with Crippen LogP contribution in [0.1, 0.15) is 63.9 Å². The molecule has 1 aliphatic carbocycles. The fourth-order valence-corrected chi connectivity index (χ4v) is 7.39. The molecular weight excluding hydrogens is 658 g/mol. The van der Waals surface area contributed by atoms with Gasteiger partial charge in [-0.2, -0.15) is 4.68 Å². The maximum Gasteiger partial charge on any atom is 0.435 e. The number of hydrogen-bond acceptors (Lipinski definition) is 12. The topological polar surface area (TPSA) is 170 Å². The van der Waals surface area contributed by atoms with Gasteiger partial charge in [0.15, 0.2) is 17.5 Å². The van der Waals surface area contributed by atoms with Crippen molar-refractivity contribution in [1.82, 2.24) is 19.7 Å². The van der Waals surface area contributed by atoms with E-state index in [4.69, 9.17) is 23.9 Å². The van der Waals surface area contributed by atoms with E-state index in [0.717, 1.165) is 10.5 Å². The van der Waals surface area contributed by atoms with Gasteiger partial charge in [0.1, 0.15) is 17.2 Å². The maximum atomic E-state index is 13.8. The molecule has 3 aliphatic rings. The molecule has 4 aromatic rings. The van der Waals surface area contributed by atoms with Crippen LogP contribution in [0.4, 0.5) is 32.7 Å². The van der Waals surface area contributed by atoms with Crippen molar-refractivity contribution in [2.75, 3.05) is 42.4 Å². The first-order valence-electron chi connectivity index (χ1n) is 16.8. The molecular formula is C36H41N7O8. The molecule has 2 aromatic heterocycles. The molecule has 2 fully saturated rings. The lowest BCUT2D eigenvalue weighted by atomic mass is 9.91. The Morgan fingerprint density at radius 3 is 2.39 bits per heavy atom. The molecule has 0 bridgehead atoms. The molecule has 1 saturated carbocycles. The number of fused-ring (bicyclic) bond motifs is 3. The molecule has 2 aliphatic heterocycles. The molecule has 268 valence electrons. The van der Waals surface area contributed by atoms with Crippen molar-refractivity contribution in [3.05, 3.63) is 53.3 Å². The second-order valence-electron chi connectivity index (χ2n) is 14.3. The number of nitrogens with zero attached hydrogens (tertiary/aromatic N) is 6. The number of anilines is 4. The van der Waals surface area contributed by atoms with Crippen molar-refractivity contribution >= 4 is 52.1 Å². The minimum absolute atomic E-state index is 0.0133. The number of aryl methyl sites for hydroxylation is 1. The van der Waals surface area contributed by atoms with E-state index >= 15 is 0 Å². The summed E-state index contributed by atoms with van der Waals surface area (Å²) in [6, 6.07) is 10.5. The van der Waals surface area contributed by atoms with Gasteiger partial charge in [-0.25, -0.2) is 24.5 Å². The zero-order chi connectivity index (χ0) is 36.6. The van der Waals surface area contributed by atoms with Crippen LogP contribution in [0.15, 0.2) is 36.4 Å². The summed E-state index contributed by atoms with van der Waals surface area (Å²) in [5.41, 5.74) is 0.171. The van der Waals surface area contributed by atoms with Crippen LogP contribution in [0, 0.1) is 6.92 Å². The van der Waals surface area contributed by atoms with E-state index in [-0.39, 0.29) is 18.1 Å². The molecule has 2 amide bonds. The molecule has 7 rings (SSSR count). The zero-order valence-electron chi connectivity index (χ0n) is 29.8. The number of benzene rings is 2. The fraction of sp³-hybridized carbons (Fsp3) is 0.444. The first kappa shape index (κ1) is 34.0. The first-order chi connectivity index (χ1) is 24.1. The largest absolute Gasteiger partial charge is 0.497 e. The Kier molecular flexibility index (Phi) is 8.08. The summed E-state index contributed by atoms with van der Waals surface area (Å²) in [4.78, 5) is 52.0. The monoisotopic (exact) mass is 699 g/mol. The van der Waals surface area contributed by atoms with Gasteiger partial charge in [-0.1, -0.05) is 6.07 Å². The van der Waals surface area contributed by atoms with Crippen molar-refractivity contribution in [3.63, 3.8) is 0 Å². The third-order valence-electron chi connectivity index (χ3n) is 9.46. The number of rotatable bonds is 6. The van der Waals surface area contributed by atoms with Crippen LogP contribution in [-0.2, 0) is 19.7 Å². The zero-order valence-corrected chi connectivity index (χ0v) is 29.8. The average Bonchev–Trinajstić information content (AvgIpc) is 3.64. The van der Waals surface area contributed by atoms with Gasteiger partial charge < -0.3 is 34.3 Å². The van der Waals surface area contributed by atoms with E-state index in [1.165, 1.54) is 11.8 Å². The molecule has 0 unspecified atom stereocenters. The highest BCUT2D eigenvalue weighted by Gasteiger charge is 2.68. The van der Waals surface area contributed by atoms with E-state index in [9.17, 15) is 19.5 Å². The van der Waals surface area contributed by atoms with Gasteiger partial charge in [0.2, 0.25) is 11.7 Å². The quantitative estimate of drug-likeness (QED) is 0.250. The van der Waals surface area contributed by atoms with Gasteiger partial charge in [0.25, 0.3) is 0 Å². The lowest BCUT2D eigenvalue weighted by Gasteiger charge is -2.36. The first-order valence-corrected chi connectivity index (χ1v) is 16.8. The van der Waals surface area contributed by atoms with Crippen LogP contribution in [0.3, 0.4) is 0 Å². The van der Waals surface area contributed by atoms with Crippen LogP contribution >= 0.6 is 0 Å². The number of aromatic nitrogens is 4. The Morgan fingerprint density at radius 1 is 1.02 bits per heavy atom. The number of methoxy groups -OCH3 is 2. The average molecular weight is 700 g/mol. The summed E-state index contributed by atoms with van der Waals surface area (Å²) in [5, 5.41) is 18.5. The molecule has 2 N–H and O–H groups in total. The molecule has 15 nitrogen and oxygen atoms in total. The minimum atomic E-state index is -1.35. The van der Waals surface area contributed by atoms with E-state index in [2.05, 4.69) is 20.3 Å². The Hall–Kier alpha value is -5.44. The maximum absolute atomic E-state index is 13.8. The van der Waals surface area contributed by atoms with Crippen LogP contribution in [-0.4, -0.2) is 88.1 Å². The molecule has 1 spiro atoms. The van der Waals surface area contributed by atoms with Gasteiger partial charge >= 0.3 is 12.2 Å². The molecule has 0 radical (unpaired) electrons. The lowest BCUT2D eigenvalue weighted by Crippen LogP contribution is -2.46. The van der Waals surface area contributed by atoms with Crippen molar-refractivity contribution in [1.29, 1.82) is 0 Å². The number of carboxylic acid groups (broad SMARTS) is 1. The molecule has 4 atom stereocenters. The number of imide groups is 1. The molecule has 1 saturated heterocycles. The summed E-state index contributed by atoms with van der Waals surface area (Å²) in [7, 11) is 3.07. The summed E-state index contributed by atoms with van der Waals surface area (Å²) in [6.45, 7) is 12.3. The highest BCUT2D eigenvalue weighted by Crippen LogP contribution is 2.67. The summed E-state index contributed by atoms with van der Waals surface area (Å²) >= 11 is 0. The van der Waals surface area contributed by atoms with Crippen molar-refractivity contribution in [2.45, 2.75) is 77.1 Å². The Labute approximate surface area is 294 Å². The highest BCUT2D eigenvalue weighted by molar-refractivity contribution is 6.22. The third-order valence-corrected chi connectivity index (χ3v) is 9.46. The van der Waals surface area contributed by atoms with E-state index in [1.54, 1.807) is 59.1 Å². The SMILES string of the molecule is COc1ccc2c(c1)[C@]1(C[C@H]1c1ccc3c(Nc4nc(C)nc(N5C[C@@H](C)O[C@@H](C)C5)c4OC)nn(C(=O)OC(C)(C)C)c3c1)C(=O)N2C(=O)O. The number of nitrogens with one attached hydrogen (secondary N) is 1. The van der Waals surface area contributed by atoms with Crippen LogP contribution in [0.25, 0.3) is 10.9 Å². The molecule has 2 aromatic carbocycles. The van der Waals surface area contributed by atoms with Gasteiger partial charge in [0.05, 0.1) is 43.0 Å². The van der Waals surface area contributed by atoms with Crippen LogP contribution < -0.4 is 24.6 Å². The number of ether oxygens (including phenoxy) is 4. The number of hydrogen-bond donors (Lipinski definition) is 2. The van der Waals surface area contributed by atoms with E-state index in [1.807, 2.05) is 26.0 Å². The minimum Gasteiger partial charge on any atom is -0.497 e. The Bertz CT molecular complexity index is 2080. The number of carbonyl (C=O) groups is 3. The summed E-state index contributed by atoms with van der Waals surface area (Å²) in [6.07, 6.45) is -1.69. The smallest absolute Gasteiger partial charge is 0.435 e. The lowest BCUT2D eigenvalue weighted by molar-refractivity contribution is -0.119. The van der Waals surface area contributed by atoms with Gasteiger partial charge in [-0.05, 0) is 89.4 Å². The fourth-order valence-electron chi connectivity index (χ4n) is 7.39. The molecule has 4 heterocycles. The third kappa shape index (κ3) is 5.74. The molecule has 15 heteroatoms. The summed E-state index contributed by atoms with van der Waals surface area (Å²) < 4.78 is 24.2. The second-order valence-corrected chi connectivity index (χ2v) is 14.3. The normalized spacial score (nSPS) is 22.7. The van der Waals surface area contributed by atoms with Gasteiger partial charge in [-0.15, -0.1) is 5.10 Å². The Balaban J connectivity index is 1.31. The van der Waals surface area contributed by atoms with E-state index < -0.39 is 29.1 Å². The van der Waals surface area contributed by atoms with Crippen molar-refractivity contribution in [2.24, 2.45) is 0 Å². The summed E-state index contributed by atoms with van der Waals surface area (Å²) in [5.74, 6) is 1.85. The molecule has 51 heavy (non-hydrogen) atoms. The number of amides is 2. The van der Waals surface area contributed by atoms with Crippen molar-refractivity contribution < 1.29 is 38.4 Å². The van der Waals surface area contributed by atoms with Gasteiger partial charge in [0, 0.05) is 24.4 Å². The Morgan fingerprint density at radius 2 is 1.75 bits per heavy atom. The van der Waals surface area contributed by atoms with Crippen LogP contribution in [0.2, 0.25) is 0 Å². The van der Waals surface area contributed by atoms with E-state index in [0.29, 0.717) is 76.4 Å². The predicted molar refractivity (Wildman–Crippen MR) is 188 cm³/mol. The predicted octanol–water partition coefficient (Wildman–Crippen LogP) is 5.74. The highest BCUT2D eigenvalue weighted by atomic mass is 16.6. The second kappa shape index (κ2) is 12.1. The van der Waals surface area contributed by atoms with Gasteiger partial charge in [-0.3, -0.25) is 4.79 Å². The number of morpholine rings is 1. The number of carbonyl (C=O) groups excluding carboxylic acids is 2. The van der Waals surface area contributed by atoms with Crippen LogP contribution in [0.5, 0.6) is 11.5 Å². The van der Waals surface area contributed by atoms with Crippen molar-refractivity contribution in [3.8, 4) is 11.5 Å². The standard InChI is InChI=1S/C36H41N7O8/c1-18-16-41(17-19(2)50-18)31-28(49-8)30(37-20(3)38-31)39-29-23-11-9-21(13-27(23)43(40-29)34(47)51-35(4,5)6)25-15-36(25)24-14-22(48-7)10-12-26(24)42(32(36)44)33(45)46/h9-14,18-19,25H,15-17H2,1-8H3,(H,45,46)(H,37,38,39,40)/t18-,19+,25-,36-/m0/s1.